The van der Waals surface area contributed by atoms with Gasteiger partial charge in [-0.25, -0.2) is 9.97 Å². The number of hydrogen-bond donors (Lipinski definition) is 2. The largest absolute Gasteiger partial charge is 0.442 e. The summed E-state index contributed by atoms with van der Waals surface area (Å²) in [5.41, 5.74) is 3.36. The molecule has 4 rings (SSSR count). The number of anilines is 1. The minimum atomic E-state index is -0.296. The van der Waals surface area contributed by atoms with Gasteiger partial charge in [0.15, 0.2) is 12.2 Å². The first-order chi connectivity index (χ1) is 13.2. The smallest absolute Gasteiger partial charge is 0.256 e. The number of H-pyrrole nitrogens is 1. The summed E-state index contributed by atoms with van der Waals surface area (Å²) in [6.07, 6.45) is 4.92. The fourth-order valence-corrected chi connectivity index (χ4v) is 2.97. The molecule has 8 nitrogen and oxygen atoms in total. The van der Waals surface area contributed by atoms with E-state index in [9.17, 15) is 10.1 Å². The first kappa shape index (κ1) is 16.5. The van der Waals surface area contributed by atoms with Crippen molar-refractivity contribution < 1.29 is 9.21 Å². The van der Waals surface area contributed by atoms with Gasteiger partial charge in [0.1, 0.15) is 17.5 Å². The van der Waals surface area contributed by atoms with Crippen LogP contribution in [0.3, 0.4) is 0 Å². The molecule has 0 aliphatic carbocycles. The Morgan fingerprint density at radius 3 is 3.00 bits per heavy atom. The van der Waals surface area contributed by atoms with E-state index in [4.69, 9.17) is 4.42 Å². The van der Waals surface area contributed by atoms with E-state index in [1.54, 1.807) is 18.3 Å². The molecule has 0 aliphatic heterocycles. The molecule has 0 unspecified atom stereocenters. The van der Waals surface area contributed by atoms with Gasteiger partial charge in [-0.15, -0.1) is 0 Å². The summed E-state index contributed by atoms with van der Waals surface area (Å²) in [6, 6.07) is 9.06. The SMILES string of the molecule is CCc1c(C(=O)Nc2ccc3[nH]nc(-c4cnco4)c3c2)ccnc1C#N. The summed E-state index contributed by atoms with van der Waals surface area (Å²) < 4.78 is 5.31. The highest BCUT2D eigenvalue weighted by molar-refractivity contribution is 6.06. The van der Waals surface area contributed by atoms with Gasteiger partial charge in [0, 0.05) is 28.4 Å². The Bertz CT molecular complexity index is 1170. The van der Waals surface area contributed by atoms with Crippen molar-refractivity contribution in [3.05, 3.63) is 59.9 Å². The van der Waals surface area contributed by atoms with Crippen molar-refractivity contribution >= 4 is 22.5 Å². The molecule has 0 aliphatic rings. The first-order valence-electron chi connectivity index (χ1n) is 8.27. The lowest BCUT2D eigenvalue weighted by Crippen LogP contribution is -2.15. The van der Waals surface area contributed by atoms with Gasteiger partial charge in [-0.05, 0) is 30.7 Å². The zero-order valence-electron chi connectivity index (χ0n) is 14.4. The van der Waals surface area contributed by atoms with E-state index in [2.05, 4.69) is 25.5 Å². The third-order valence-electron chi connectivity index (χ3n) is 4.25. The van der Waals surface area contributed by atoms with E-state index in [1.807, 2.05) is 25.1 Å². The Labute approximate surface area is 153 Å². The van der Waals surface area contributed by atoms with Crippen molar-refractivity contribution in [1.82, 2.24) is 20.2 Å². The van der Waals surface area contributed by atoms with Crippen LogP contribution in [0.5, 0.6) is 0 Å². The van der Waals surface area contributed by atoms with E-state index in [1.165, 1.54) is 12.6 Å². The van der Waals surface area contributed by atoms with Crippen molar-refractivity contribution in [2.24, 2.45) is 0 Å². The molecule has 0 bridgehead atoms. The molecule has 0 saturated carbocycles. The number of aromatic amines is 1. The molecule has 3 aromatic heterocycles. The first-order valence-corrected chi connectivity index (χ1v) is 8.27. The van der Waals surface area contributed by atoms with Gasteiger partial charge in [-0.3, -0.25) is 9.89 Å². The summed E-state index contributed by atoms with van der Waals surface area (Å²) in [7, 11) is 0. The van der Waals surface area contributed by atoms with E-state index in [-0.39, 0.29) is 11.6 Å². The number of hydrogen-bond acceptors (Lipinski definition) is 6. The molecule has 0 radical (unpaired) electrons. The predicted molar refractivity (Wildman–Crippen MR) is 97.9 cm³/mol. The maximum atomic E-state index is 12.7. The Hall–Kier alpha value is -3.99. The van der Waals surface area contributed by atoms with Gasteiger partial charge >= 0.3 is 0 Å². The highest BCUT2D eigenvalue weighted by atomic mass is 16.3. The van der Waals surface area contributed by atoms with Gasteiger partial charge in [0.2, 0.25) is 0 Å². The van der Waals surface area contributed by atoms with Crippen LogP contribution in [0, 0.1) is 11.3 Å². The van der Waals surface area contributed by atoms with Crippen LogP contribution < -0.4 is 5.32 Å². The van der Waals surface area contributed by atoms with Crippen LogP contribution in [0.25, 0.3) is 22.4 Å². The minimum Gasteiger partial charge on any atom is -0.442 e. The maximum Gasteiger partial charge on any atom is 0.256 e. The van der Waals surface area contributed by atoms with Crippen LogP contribution in [0.4, 0.5) is 5.69 Å². The maximum absolute atomic E-state index is 12.7. The van der Waals surface area contributed by atoms with Gasteiger partial charge in [-0.2, -0.15) is 10.4 Å². The molecule has 0 spiro atoms. The molecule has 1 amide bonds. The van der Waals surface area contributed by atoms with Crippen molar-refractivity contribution in [3.8, 4) is 17.5 Å². The Morgan fingerprint density at radius 2 is 2.26 bits per heavy atom. The van der Waals surface area contributed by atoms with Crippen molar-refractivity contribution in [2.75, 3.05) is 5.32 Å². The predicted octanol–water partition coefficient (Wildman–Crippen LogP) is 3.30. The number of aromatic nitrogens is 4. The van der Waals surface area contributed by atoms with E-state index >= 15 is 0 Å². The summed E-state index contributed by atoms with van der Waals surface area (Å²) in [5, 5.41) is 20.0. The van der Waals surface area contributed by atoms with Crippen LogP contribution >= 0.6 is 0 Å². The minimum absolute atomic E-state index is 0.267. The number of amides is 1. The highest BCUT2D eigenvalue weighted by Gasteiger charge is 2.16. The average Bonchev–Trinajstić information content (AvgIpc) is 3.36. The number of nitrogens with zero attached hydrogens (tertiary/aromatic N) is 4. The van der Waals surface area contributed by atoms with E-state index in [0.29, 0.717) is 34.7 Å². The van der Waals surface area contributed by atoms with Crippen LogP contribution in [-0.4, -0.2) is 26.1 Å². The topological polar surface area (TPSA) is 120 Å². The molecule has 2 N–H and O–H groups in total. The number of oxazole rings is 1. The molecule has 27 heavy (non-hydrogen) atoms. The molecule has 0 atom stereocenters. The molecule has 0 fully saturated rings. The Kier molecular flexibility index (Phi) is 4.10. The summed E-state index contributed by atoms with van der Waals surface area (Å²) in [5.74, 6) is 0.237. The quantitative estimate of drug-likeness (QED) is 0.577. The number of rotatable bonds is 4. The lowest BCUT2D eigenvalue weighted by molar-refractivity contribution is 0.102. The van der Waals surface area contributed by atoms with Gasteiger partial charge in [0.25, 0.3) is 5.91 Å². The van der Waals surface area contributed by atoms with E-state index < -0.39 is 0 Å². The molecule has 132 valence electrons. The number of carbonyl (C=O) groups excluding carboxylic acids is 1. The normalized spacial score (nSPS) is 10.7. The number of benzene rings is 1. The molecule has 4 aromatic rings. The third kappa shape index (κ3) is 2.91. The highest BCUT2D eigenvalue weighted by Crippen LogP contribution is 2.28. The van der Waals surface area contributed by atoms with Crippen molar-refractivity contribution in [1.29, 1.82) is 5.26 Å². The molecular formula is C19H14N6O2. The third-order valence-corrected chi connectivity index (χ3v) is 4.25. The number of nitrogens with one attached hydrogen (secondary N) is 2. The van der Waals surface area contributed by atoms with Crippen LogP contribution in [0.2, 0.25) is 0 Å². The van der Waals surface area contributed by atoms with Crippen molar-refractivity contribution in [2.45, 2.75) is 13.3 Å². The fourth-order valence-electron chi connectivity index (χ4n) is 2.97. The van der Waals surface area contributed by atoms with Gasteiger partial charge < -0.3 is 9.73 Å². The number of fused-ring (bicyclic) bond motifs is 1. The van der Waals surface area contributed by atoms with Gasteiger partial charge in [-0.1, -0.05) is 6.92 Å². The summed E-state index contributed by atoms with van der Waals surface area (Å²) in [4.78, 5) is 20.7. The summed E-state index contributed by atoms with van der Waals surface area (Å²) >= 11 is 0. The number of pyridine rings is 1. The number of carbonyl (C=O) groups is 1. The Morgan fingerprint density at radius 1 is 1.37 bits per heavy atom. The lowest BCUT2D eigenvalue weighted by Gasteiger charge is -2.10. The second-order valence-electron chi connectivity index (χ2n) is 5.80. The molecule has 0 saturated heterocycles. The zero-order chi connectivity index (χ0) is 18.8. The standard InChI is InChI=1S/C19H14N6O2/c1-2-12-13(5-6-22-16(12)8-20)19(26)23-11-3-4-15-14(7-11)18(25-24-15)17-9-21-10-27-17/h3-7,9-10H,2H2,1H3,(H,23,26)(H,24,25). The molecular weight excluding hydrogens is 344 g/mol. The zero-order valence-corrected chi connectivity index (χ0v) is 14.4. The van der Waals surface area contributed by atoms with Crippen LogP contribution in [0.1, 0.15) is 28.5 Å². The second kappa shape index (κ2) is 6.72. The fraction of sp³-hybridized carbons (Fsp3) is 0.105. The molecule has 8 heteroatoms. The van der Waals surface area contributed by atoms with E-state index in [0.717, 1.165) is 10.9 Å². The Balaban J connectivity index is 1.69. The molecule has 3 heterocycles. The second-order valence-corrected chi connectivity index (χ2v) is 5.80. The van der Waals surface area contributed by atoms with Crippen LogP contribution in [-0.2, 0) is 6.42 Å². The monoisotopic (exact) mass is 358 g/mol. The molecule has 1 aromatic carbocycles. The van der Waals surface area contributed by atoms with Crippen LogP contribution in [0.15, 0.2) is 47.5 Å². The lowest BCUT2D eigenvalue weighted by atomic mass is 10.0. The van der Waals surface area contributed by atoms with Gasteiger partial charge in [0.05, 0.1) is 11.7 Å². The summed E-state index contributed by atoms with van der Waals surface area (Å²) in [6.45, 7) is 1.88. The number of nitriles is 1. The van der Waals surface area contributed by atoms with Crippen molar-refractivity contribution in [3.63, 3.8) is 0 Å². The average molecular weight is 358 g/mol.